The molecule has 20 heavy (non-hydrogen) atoms. The standard InChI is InChI=1S/C14H20FNO3S/c1-10-7-8-11(15)9-14(10)20(18,19)16(2)12-5-3-4-6-13(12)17/h7-9,12-13,17H,3-6H2,1-2H3. The van der Waals surface area contributed by atoms with Crippen LogP contribution in [0.1, 0.15) is 31.2 Å². The SMILES string of the molecule is Cc1ccc(F)cc1S(=O)(=O)N(C)C1CCCCC1O. The maximum atomic E-state index is 13.3. The van der Waals surface area contributed by atoms with Gasteiger partial charge >= 0.3 is 0 Å². The zero-order valence-corrected chi connectivity index (χ0v) is 12.5. The number of hydrogen-bond acceptors (Lipinski definition) is 3. The topological polar surface area (TPSA) is 57.6 Å². The van der Waals surface area contributed by atoms with E-state index in [0.29, 0.717) is 18.4 Å². The monoisotopic (exact) mass is 301 g/mol. The Morgan fingerprint density at radius 3 is 2.60 bits per heavy atom. The molecule has 0 amide bonds. The van der Waals surface area contributed by atoms with Crippen LogP contribution in [0.25, 0.3) is 0 Å². The van der Waals surface area contributed by atoms with Gasteiger partial charge in [-0.25, -0.2) is 12.8 Å². The van der Waals surface area contributed by atoms with Gasteiger partial charge in [0.25, 0.3) is 0 Å². The van der Waals surface area contributed by atoms with Crippen LogP contribution in [0.5, 0.6) is 0 Å². The zero-order valence-electron chi connectivity index (χ0n) is 11.7. The van der Waals surface area contributed by atoms with Gasteiger partial charge in [0.2, 0.25) is 10.0 Å². The lowest BCUT2D eigenvalue weighted by Gasteiger charge is -2.34. The average molecular weight is 301 g/mol. The van der Waals surface area contributed by atoms with Crippen LogP contribution in [0, 0.1) is 12.7 Å². The number of likely N-dealkylation sites (N-methyl/N-ethyl adjacent to an activating group) is 1. The van der Waals surface area contributed by atoms with Crippen LogP contribution < -0.4 is 0 Å². The van der Waals surface area contributed by atoms with Gasteiger partial charge in [0.15, 0.2) is 0 Å². The summed E-state index contributed by atoms with van der Waals surface area (Å²) in [5.41, 5.74) is 0.503. The second-order valence-electron chi connectivity index (χ2n) is 5.35. The number of sulfonamides is 1. The first-order chi connectivity index (χ1) is 9.34. The number of nitrogens with zero attached hydrogens (tertiary/aromatic N) is 1. The lowest BCUT2D eigenvalue weighted by atomic mass is 9.93. The summed E-state index contributed by atoms with van der Waals surface area (Å²) in [6, 6.07) is 3.30. The van der Waals surface area contributed by atoms with Crippen molar-refractivity contribution in [2.75, 3.05) is 7.05 Å². The summed E-state index contributed by atoms with van der Waals surface area (Å²) in [6.07, 6.45) is 2.38. The molecule has 0 radical (unpaired) electrons. The smallest absolute Gasteiger partial charge is 0.243 e. The lowest BCUT2D eigenvalue weighted by Crippen LogP contribution is -2.46. The molecular weight excluding hydrogens is 281 g/mol. The Morgan fingerprint density at radius 2 is 1.95 bits per heavy atom. The van der Waals surface area contributed by atoms with Crippen molar-refractivity contribution in [3.05, 3.63) is 29.6 Å². The van der Waals surface area contributed by atoms with Gasteiger partial charge in [-0.15, -0.1) is 0 Å². The van der Waals surface area contributed by atoms with E-state index in [1.54, 1.807) is 6.92 Å². The Hall–Kier alpha value is -0.980. The van der Waals surface area contributed by atoms with Crippen LogP contribution in [-0.2, 0) is 10.0 Å². The fourth-order valence-corrected chi connectivity index (χ4v) is 4.35. The highest BCUT2D eigenvalue weighted by atomic mass is 32.2. The van der Waals surface area contributed by atoms with E-state index in [9.17, 15) is 17.9 Å². The Balaban J connectivity index is 2.36. The maximum absolute atomic E-state index is 13.3. The molecule has 0 spiro atoms. The number of rotatable bonds is 3. The average Bonchev–Trinajstić information content (AvgIpc) is 2.41. The van der Waals surface area contributed by atoms with Crippen LogP contribution in [0.2, 0.25) is 0 Å². The molecule has 112 valence electrons. The second-order valence-corrected chi connectivity index (χ2v) is 7.32. The van der Waals surface area contributed by atoms with E-state index >= 15 is 0 Å². The molecule has 1 saturated carbocycles. The van der Waals surface area contributed by atoms with Crippen LogP contribution >= 0.6 is 0 Å². The number of aliphatic hydroxyl groups excluding tert-OH is 1. The molecule has 4 nitrogen and oxygen atoms in total. The number of aliphatic hydroxyl groups is 1. The Morgan fingerprint density at radius 1 is 1.30 bits per heavy atom. The second kappa shape index (κ2) is 5.79. The number of benzene rings is 1. The van der Waals surface area contributed by atoms with E-state index in [4.69, 9.17) is 0 Å². The van der Waals surface area contributed by atoms with Crippen molar-refractivity contribution in [1.82, 2.24) is 4.31 Å². The van der Waals surface area contributed by atoms with Gasteiger partial charge in [-0.3, -0.25) is 0 Å². The predicted molar refractivity (Wildman–Crippen MR) is 74.3 cm³/mol. The van der Waals surface area contributed by atoms with Gasteiger partial charge in [-0.1, -0.05) is 18.9 Å². The molecule has 1 aliphatic rings. The first-order valence-electron chi connectivity index (χ1n) is 6.76. The largest absolute Gasteiger partial charge is 0.391 e. The molecule has 0 saturated heterocycles. The van der Waals surface area contributed by atoms with E-state index in [2.05, 4.69) is 0 Å². The Bertz CT molecular complexity index is 588. The van der Waals surface area contributed by atoms with Crippen molar-refractivity contribution in [1.29, 1.82) is 0 Å². The van der Waals surface area contributed by atoms with Gasteiger partial charge in [-0.05, 0) is 37.5 Å². The molecule has 0 aliphatic heterocycles. The van der Waals surface area contributed by atoms with E-state index in [-0.39, 0.29) is 4.90 Å². The van der Waals surface area contributed by atoms with Crippen LogP contribution in [0.3, 0.4) is 0 Å². The number of hydrogen-bond donors (Lipinski definition) is 1. The van der Waals surface area contributed by atoms with Crippen molar-refractivity contribution in [3.63, 3.8) is 0 Å². The van der Waals surface area contributed by atoms with Gasteiger partial charge < -0.3 is 5.11 Å². The van der Waals surface area contributed by atoms with Crippen molar-refractivity contribution < 1.29 is 17.9 Å². The van der Waals surface area contributed by atoms with E-state index in [0.717, 1.165) is 18.9 Å². The highest BCUT2D eigenvalue weighted by molar-refractivity contribution is 7.89. The number of aryl methyl sites for hydroxylation is 1. The molecule has 2 rings (SSSR count). The van der Waals surface area contributed by atoms with Crippen LogP contribution in [-0.4, -0.2) is 37.0 Å². The molecule has 1 aromatic rings. The van der Waals surface area contributed by atoms with Gasteiger partial charge in [0, 0.05) is 7.05 Å². The molecule has 6 heteroatoms. The third kappa shape index (κ3) is 2.87. The van der Waals surface area contributed by atoms with Crippen LogP contribution in [0.4, 0.5) is 4.39 Å². The summed E-state index contributed by atoms with van der Waals surface area (Å²) in [7, 11) is -2.33. The van der Waals surface area contributed by atoms with Crippen molar-refractivity contribution in [2.24, 2.45) is 0 Å². The summed E-state index contributed by atoms with van der Waals surface area (Å²) in [4.78, 5) is -0.0298. The summed E-state index contributed by atoms with van der Waals surface area (Å²) >= 11 is 0. The molecular formula is C14H20FNO3S. The van der Waals surface area contributed by atoms with Gasteiger partial charge in [0.05, 0.1) is 17.0 Å². The minimum Gasteiger partial charge on any atom is -0.391 e. The number of halogens is 1. The third-order valence-electron chi connectivity index (χ3n) is 3.97. The van der Waals surface area contributed by atoms with E-state index < -0.39 is 28.0 Å². The van der Waals surface area contributed by atoms with E-state index in [1.165, 1.54) is 23.5 Å². The lowest BCUT2D eigenvalue weighted by molar-refractivity contribution is 0.0638. The summed E-state index contributed by atoms with van der Waals surface area (Å²) < 4.78 is 39.7. The van der Waals surface area contributed by atoms with Crippen molar-refractivity contribution in [3.8, 4) is 0 Å². The first-order valence-corrected chi connectivity index (χ1v) is 8.20. The quantitative estimate of drug-likeness (QED) is 0.929. The summed E-state index contributed by atoms with van der Waals surface area (Å²) in [5.74, 6) is -0.577. The van der Waals surface area contributed by atoms with Gasteiger partial charge in [-0.2, -0.15) is 4.31 Å². The van der Waals surface area contributed by atoms with E-state index in [1.807, 2.05) is 0 Å². The summed E-state index contributed by atoms with van der Waals surface area (Å²) in [6.45, 7) is 1.64. The molecule has 0 aromatic heterocycles. The highest BCUT2D eigenvalue weighted by Crippen LogP contribution is 2.28. The highest BCUT2D eigenvalue weighted by Gasteiger charge is 2.34. The molecule has 2 unspecified atom stereocenters. The minimum absolute atomic E-state index is 0.0298. The molecule has 2 atom stereocenters. The molecule has 1 aromatic carbocycles. The Labute approximate surface area is 119 Å². The zero-order chi connectivity index (χ0) is 14.9. The molecule has 1 N–H and O–H groups in total. The normalized spacial score (nSPS) is 24.1. The van der Waals surface area contributed by atoms with Crippen LogP contribution in [0.15, 0.2) is 23.1 Å². The van der Waals surface area contributed by atoms with Crippen molar-refractivity contribution in [2.45, 2.75) is 49.6 Å². The maximum Gasteiger partial charge on any atom is 0.243 e. The minimum atomic E-state index is -3.79. The first kappa shape index (κ1) is 15.4. The summed E-state index contributed by atoms with van der Waals surface area (Å²) in [5, 5.41) is 9.99. The predicted octanol–water partition coefficient (Wildman–Crippen LogP) is 2.06. The Kier molecular flexibility index (Phi) is 4.46. The third-order valence-corrected chi connectivity index (χ3v) is 5.99. The fraction of sp³-hybridized carbons (Fsp3) is 0.571. The molecule has 1 fully saturated rings. The van der Waals surface area contributed by atoms with Crippen molar-refractivity contribution >= 4 is 10.0 Å². The fourth-order valence-electron chi connectivity index (χ4n) is 2.70. The van der Waals surface area contributed by atoms with Gasteiger partial charge in [0.1, 0.15) is 5.82 Å². The molecule has 0 heterocycles. The molecule has 0 bridgehead atoms. The molecule has 1 aliphatic carbocycles.